The predicted octanol–water partition coefficient (Wildman–Crippen LogP) is 3.04. The molecule has 0 amide bonds. The Bertz CT molecular complexity index is 458. The molecule has 1 rings (SSSR count). The van der Waals surface area contributed by atoms with Crippen LogP contribution in [0.2, 0.25) is 0 Å². The van der Waals surface area contributed by atoms with Crippen LogP contribution in [0.4, 0.5) is 5.82 Å². The van der Waals surface area contributed by atoms with Crippen molar-refractivity contribution in [3.05, 3.63) is 17.6 Å². The lowest BCUT2D eigenvalue weighted by atomic mass is 9.84. The minimum Gasteiger partial charge on any atom is -0.481 e. The quantitative estimate of drug-likeness (QED) is 0.765. The third-order valence-electron chi connectivity index (χ3n) is 3.38. The summed E-state index contributed by atoms with van der Waals surface area (Å²) in [6.45, 7) is 8.94. The molecule has 112 valence electrons. The molecule has 0 aliphatic carbocycles. The highest BCUT2D eigenvalue weighted by atomic mass is 16.4. The Balaban J connectivity index is 2.47. The smallest absolute Gasteiger partial charge is 0.303 e. The summed E-state index contributed by atoms with van der Waals surface area (Å²) in [7, 11) is 0. The van der Waals surface area contributed by atoms with Gasteiger partial charge in [-0.25, -0.2) is 9.97 Å². The van der Waals surface area contributed by atoms with Gasteiger partial charge in [0, 0.05) is 24.7 Å². The van der Waals surface area contributed by atoms with Crippen LogP contribution in [-0.2, 0) is 11.2 Å². The summed E-state index contributed by atoms with van der Waals surface area (Å²) in [4.78, 5) is 19.3. The summed E-state index contributed by atoms with van der Waals surface area (Å²) in [5.74, 6) is 0.894. The van der Waals surface area contributed by atoms with Crippen molar-refractivity contribution in [1.82, 2.24) is 9.97 Å². The van der Waals surface area contributed by atoms with Gasteiger partial charge >= 0.3 is 5.97 Å². The van der Waals surface area contributed by atoms with Crippen molar-refractivity contribution in [3.63, 3.8) is 0 Å². The third-order valence-corrected chi connectivity index (χ3v) is 3.38. The molecule has 0 aliphatic rings. The molecule has 1 aromatic rings. The van der Waals surface area contributed by atoms with Crippen LogP contribution in [0.5, 0.6) is 0 Å². The zero-order chi connectivity index (χ0) is 15.2. The largest absolute Gasteiger partial charge is 0.481 e. The monoisotopic (exact) mass is 279 g/mol. The number of hydrogen-bond acceptors (Lipinski definition) is 4. The van der Waals surface area contributed by atoms with Gasteiger partial charge in [-0.05, 0) is 31.6 Å². The zero-order valence-electron chi connectivity index (χ0n) is 12.9. The standard InChI is InChI=1S/C15H25N3O2/c1-5-12-10-13(18-11(2)17-12)16-9-8-15(3,4)7-6-14(19)20/h10H,5-9H2,1-4H3,(H,19,20)(H,16,17,18). The molecule has 0 saturated heterocycles. The molecule has 2 N–H and O–H groups in total. The molecule has 0 aliphatic heterocycles. The second-order valence-corrected chi connectivity index (χ2v) is 5.88. The number of carboxylic acids is 1. The molecule has 0 unspecified atom stereocenters. The lowest BCUT2D eigenvalue weighted by Gasteiger charge is -2.24. The fourth-order valence-electron chi connectivity index (χ4n) is 2.00. The van der Waals surface area contributed by atoms with Crippen LogP contribution in [0.3, 0.4) is 0 Å². The number of nitrogens with zero attached hydrogens (tertiary/aromatic N) is 2. The van der Waals surface area contributed by atoms with Crippen molar-refractivity contribution in [2.75, 3.05) is 11.9 Å². The first-order valence-corrected chi connectivity index (χ1v) is 7.12. The lowest BCUT2D eigenvalue weighted by molar-refractivity contribution is -0.137. The molecule has 0 bridgehead atoms. The number of aryl methyl sites for hydroxylation is 2. The first-order valence-electron chi connectivity index (χ1n) is 7.12. The Labute approximate surface area is 120 Å². The molecule has 5 nitrogen and oxygen atoms in total. The van der Waals surface area contributed by atoms with E-state index in [1.807, 2.05) is 13.0 Å². The normalized spacial score (nSPS) is 11.4. The van der Waals surface area contributed by atoms with Gasteiger partial charge in [0.15, 0.2) is 0 Å². The van der Waals surface area contributed by atoms with E-state index < -0.39 is 5.97 Å². The Morgan fingerprint density at radius 3 is 2.65 bits per heavy atom. The maximum Gasteiger partial charge on any atom is 0.303 e. The number of nitrogens with one attached hydrogen (secondary N) is 1. The van der Waals surface area contributed by atoms with Crippen molar-refractivity contribution < 1.29 is 9.90 Å². The molecule has 1 heterocycles. The average molecular weight is 279 g/mol. The Hall–Kier alpha value is -1.65. The highest BCUT2D eigenvalue weighted by molar-refractivity contribution is 5.66. The Morgan fingerprint density at radius 2 is 2.05 bits per heavy atom. The molecule has 0 saturated carbocycles. The second kappa shape index (κ2) is 7.22. The van der Waals surface area contributed by atoms with Gasteiger partial charge in [-0.3, -0.25) is 4.79 Å². The fraction of sp³-hybridized carbons (Fsp3) is 0.667. The average Bonchev–Trinajstić information content (AvgIpc) is 2.35. The molecule has 0 aromatic carbocycles. The van der Waals surface area contributed by atoms with E-state index in [1.165, 1.54) is 0 Å². The Morgan fingerprint density at radius 1 is 1.35 bits per heavy atom. The van der Waals surface area contributed by atoms with Crippen LogP contribution in [0.1, 0.15) is 51.6 Å². The number of carboxylic acid groups (broad SMARTS) is 1. The predicted molar refractivity (Wildman–Crippen MR) is 79.9 cm³/mol. The molecule has 5 heteroatoms. The van der Waals surface area contributed by atoms with Crippen molar-refractivity contribution in [1.29, 1.82) is 0 Å². The summed E-state index contributed by atoms with van der Waals surface area (Å²) in [5, 5.41) is 12.0. The van der Waals surface area contributed by atoms with Gasteiger partial charge in [-0.2, -0.15) is 0 Å². The van der Waals surface area contributed by atoms with Gasteiger partial charge in [0.25, 0.3) is 0 Å². The number of hydrogen-bond donors (Lipinski definition) is 2. The summed E-state index contributed by atoms with van der Waals surface area (Å²) in [6.07, 6.45) is 2.71. The van der Waals surface area contributed by atoms with E-state index in [9.17, 15) is 4.79 Å². The van der Waals surface area contributed by atoms with Crippen LogP contribution < -0.4 is 5.32 Å². The number of rotatable bonds is 8. The van der Waals surface area contributed by atoms with Crippen molar-refractivity contribution in [2.24, 2.45) is 5.41 Å². The van der Waals surface area contributed by atoms with E-state index in [1.54, 1.807) is 0 Å². The Kier molecular flexibility index (Phi) is 5.92. The van der Waals surface area contributed by atoms with Crippen LogP contribution in [0, 0.1) is 12.3 Å². The van der Waals surface area contributed by atoms with Crippen molar-refractivity contribution >= 4 is 11.8 Å². The lowest BCUT2D eigenvalue weighted by Crippen LogP contribution is -2.18. The zero-order valence-corrected chi connectivity index (χ0v) is 12.9. The highest BCUT2D eigenvalue weighted by Crippen LogP contribution is 2.26. The maximum atomic E-state index is 10.6. The molecule has 20 heavy (non-hydrogen) atoms. The van der Waals surface area contributed by atoms with Crippen LogP contribution in [-0.4, -0.2) is 27.6 Å². The molecular weight excluding hydrogens is 254 g/mol. The molecule has 0 radical (unpaired) electrons. The molecule has 1 aromatic heterocycles. The van der Waals surface area contributed by atoms with E-state index in [2.05, 4.69) is 36.1 Å². The summed E-state index contributed by atoms with van der Waals surface area (Å²) < 4.78 is 0. The van der Waals surface area contributed by atoms with E-state index in [0.717, 1.165) is 36.7 Å². The molecule has 0 atom stereocenters. The summed E-state index contributed by atoms with van der Waals surface area (Å²) in [6, 6.07) is 1.97. The highest BCUT2D eigenvalue weighted by Gasteiger charge is 2.18. The van der Waals surface area contributed by atoms with E-state index in [0.29, 0.717) is 6.42 Å². The first kappa shape index (κ1) is 16.4. The summed E-state index contributed by atoms with van der Waals surface area (Å²) >= 11 is 0. The SMILES string of the molecule is CCc1cc(NCCC(C)(C)CCC(=O)O)nc(C)n1. The number of aromatic nitrogens is 2. The van der Waals surface area contributed by atoms with Gasteiger partial charge < -0.3 is 10.4 Å². The molecule has 0 fully saturated rings. The number of aliphatic carboxylic acids is 1. The number of anilines is 1. The van der Waals surface area contributed by atoms with Gasteiger partial charge in [0.05, 0.1) is 0 Å². The minimum atomic E-state index is -0.731. The van der Waals surface area contributed by atoms with Crippen molar-refractivity contribution in [3.8, 4) is 0 Å². The van der Waals surface area contributed by atoms with Crippen LogP contribution in [0.15, 0.2) is 6.07 Å². The van der Waals surface area contributed by atoms with Crippen molar-refractivity contribution in [2.45, 2.75) is 53.4 Å². The van der Waals surface area contributed by atoms with E-state index in [-0.39, 0.29) is 11.8 Å². The molecular formula is C15H25N3O2. The van der Waals surface area contributed by atoms with E-state index in [4.69, 9.17) is 5.11 Å². The van der Waals surface area contributed by atoms with Crippen LogP contribution in [0.25, 0.3) is 0 Å². The fourth-order valence-corrected chi connectivity index (χ4v) is 2.00. The van der Waals surface area contributed by atoms with Crippen LogP contribution >= 0.6 is 0 Å². The van der Waals surface area contributed by atoms with Gasteiger partial charge in [-0.15, -0.1) is 0 Å². The summed E-state index contributed by atoms with van der Waals surface area (Å²) in [5.41, 5.74) is 1.05. The van der Waals surface area contributed by atoms with Gasteiger partial charge in [0.1, 0.15) is 11.6 Å². The van der Waals surface area contributed by atoms with Gasteiger partial charge in [-0.1, -0.05) is 20.8 Å². The number of carbonyl (C=O) groups is 1. The maximum absolute atomic E-state index is 10.6. The first-order chi connectivity index (χ1) is 9.32. The third kappa shape index (κ3) is 5.99. The van der Waals surface area contributed by atoms with E-state index >= 15 is 0 Å². The molecule has 0 spiro atoms. The topological polar surface area (TPSA) is 75.1 Å². The van der Waals surface area contributed by atoms with Gasteiger partial charge in [0.2, 0.25) is 0 Å². The minimum absolute atomic E-state index is 0.0149. The second-order valence-electron chi connectivity index (χ2n) is 5.88.